The standard InChI is InChI=1S/C17H26N2O4/c1-19(2)10-6-9-18-17(20)8-7-13-11-15(22-4)16(23-5)12-14(13)21-3/h7-8,11-12H,6,9-10H2,1-5H3,(H,18,20)/b8-7+. The molecule has 0 saturated carbocycles. The summed E-state index contributed by atoms with van der Waals surface area (Å²) in [5, 5.41) is 2.85. The van der Waals surface area contributed by atoms with Crippen LogP contribution >= 0.6 is 0 Å². The molecule has 0 spiro atoms. The Morgan fingerprint density at radius 2 is 1.70 bits per heavy atom. The van der Waals surface area contributed by atoms with Crippen LogP contribution in [0.25, 0.3) is 6.08 Å². The Morgan fingerprint density at radius 1 is 1.09 bits per heavy atom. The van der Waals surface area contributed by atoms with Gasteiger partial charge in [0.1, 0.15) is 5.75 Å². The Hall–Kier alpha value is -2.21. The number of amides is 1. The van der Waals surface area contributed by atoms with Crippen LogP contribution in [0.15, 0.2) is 18.2 Å². The molecule has 128 valence electrons. The molecule has 0 unspecified atom stereocenters. The molecule has 1 aromatic rings. The number of nitrogens with one attached hydrogen (secondary N) is 1. The van der Waals surface area contributed by atoms with Crippen molar-refractivity contribution in [2.24, 2.45) is 0 Å². The summed E-state index contributed by atoms with van der Waals surface area (Å²) in [6.45, 7) is 1.58. The van der Waals surface area contributed by atoms with Gasteiger partial charge >= 0.3 is 0 Å². The number of rotatable bonds is 9. The first-order chi connectivity index (χ1) is 11.0. The molecule has 0 bridgehead atoms. The van der Waals surface area contributed by atoms with E-state index in [4.69, 9.17) is 14.2 Å². The molecule has 6 heteroatoms. The average Bonchev–Trinajstić information content (AvgIpc) is 2.55. The topological polar surface area (TPSA) is 60.0 Å². The lowest BCUT2D eigenvalue weighted by molar-refractivity contribution is -0.116. The summed E-state index contributed by atoms with van der Waals surface area (Å²) >= 11 is 0. The van der Waals surface area contributed by atoms with Gasteiger partial charge in [0.2, 0.25) is 5.91 Å². The highest BCUT2D eigenvalue weighted by Crippen LogP contribution is 2.35. The van der Waals surface area contributed by atoms with Crippen molar-refractivity contribution in [3.8, 4) is 17.2 Å². The van der Waals surface area contributed by atoms with Crippen molar-refractivity contribution in [2.45, 2.75) is 6.42 Å². The van der Waals surface area contributed by atoms with E-state index in [2.05, 4.69) is 10.2 Å². The number of hydrogen-bond acceptors (Lipinski definition) is 5. The summed E-state index contributed by atoms with van der Waals surface area (Å²) in [5.41, 5.74) is 0.744. The van der Waals surface area contributed by atoms with E-state index in [1.807, 2.05) is 14.1 Å². The van der Waals surface area contributed by atoms with Crippen LogP contribution in [0, 0.1) is 0 Å². The Balaban J connectivity index is 2.72. The fraction of sp³-hybridized carbons (Fsp3) is 0.471. The molecule has 6 nitrogen and oxygen atoms in total. The van der Waals surface area contributed by atoms with Gasteiger partial charge in [0.15, 0.2) is 11.5 Å². The molecule has 0 atom stereocenters. The molecule has 1 rings (SSSR count). The quantitative estimate of drug-likeness (QED) is 0.555. The van der Waals surface area contributed by atoms with Gasteiger partial charge in [-0.2, -0.15) is 0 Å². The Morgan fingerprint density at radius 3 is 2.26 bits per heavy atom. The van der Waals surface area contributed by atoms with Gasteiger partial charge in [-0.15, -0.1) is 0 Å². The first kappa shape index (κ1) is 18.8. The number of hydrogen-bond donors (Lipinski definition) is 1. The first-order valence-electron chi connectivity index (χ1n) is 7.42. The van der Waals surface area contributed by atoms with Crippen LogP contribution in [0.1, 0.15) is 12.0 Å². The summed E-state index contributed by atoms with van der Waals surface area (Å²) in [7, 11) is 8.71. The number of ether oxygens (including phenoxy) is 3. The lowest BCUT2D eigenvalue weighted by atomic mass is 10.1. The normalized spacial score (nSPS) is 10.9. The van der Waals surface area contributed by atoms with E-state index in [0.29, 0.717) is 23.8 Å². The second-order valence-electron chi connectivity index (χ2n) is 5.23. The van der Waals surface area contributed by atoms with Crippen LogP contribution in [0.4, 0.5) is 0 Å². The van der Waals surface area contributed by atoms with Gasteiger partial charge in [0.25, 0.3) is 0 Å². The zero-order valence-electron chi connectivity index (χ0n) is 14.5. The van der Waals surface area contributed by atoms with Gasteiger partial charge in [-0.25, -0.2) is 0 Å². The highest BCUT2D eigenvalue weighted by molar-refractivity contribution is 5.92. The Kier molecular flexibility index (Phi) is 7.97. The predicted octanol–water partition coefficient (Wildman–Crippen LogP) is 1.79. The zero-order valence-corrected chi connectivity index (χ0v) is 14.5. The van der Waals surface area contributed by atoms with Gasteiger partial charge < -0.3 is 24.4 Å². The van der Waals surface area contributed by atoms with Crippen molar-refractivity contribution < 1.29 is 19.0 Å². The number of benzene rings is 1. The highest BCUT2D eigenvalue weighted by atomic mass is 16.5. The second kappa shape index (κ2) is 9.74. The van der Waals surface area contributed by atoms with E-state index >= 15 is 0 Å². The average molecular weight is 322 g/mol. The van der Waals surface area contributed by atoms with Crippen molar-refractivity contribution in [1.29, 1.82) is 0 Å². The third-order valence-electron chi connectivity index (χ3n) is 3.23. The Labute approximate surface area is 138 Å². The van der Waals surface area contributed by atoms with Gasteiger partial charge in [-0.1, -0.05) is 0 Å². The molecule has 0 saturated heterocycles. The highest BCUT2D eigenvalue weighted by Gasteiger charge is 2.10. The number of carbonyl (C=O) groups is 1. The minimum atomic E-state index is -0.138. The SMILES string of the molecule is COc1cc(OC)c(OC)cc1/C=C/C(=O)NCCCN(C)C. The summed E-state index contributed by atoms with van der Waals surface area (Å²) in [4.78, 5) is 13.9. The summed E-state index contributed by atoms with van der Waals surface area (Å²) < 4.78 is 15.8. The predicted molar refractivity (Wildman–Crippen MR) is 91.3 cm³/mol. The monoisotopic (exact) mass is 322 g/mol. The molecular weight excluding hydrogens is 296 g/mol. The largest absolute Gasteiger partial charge is 0.496 e. The van der Waals surface area contributed by atoms with E-state index in [9.17, 15) is 4.79 Å². The minimum absolute atomic E-state index is 0.138. The summed E-state index contributed by atoms with van der Waals surface area (Å²) in [6.07, 6.45) is 4.09. The van der Waals surface area contributed by atoms with E-state index < -0.39 is 0 Å². The summed E-state index contributed by atoms with van der Waals surface area (Å²) in [5.74, 6) is 1.63. The van der Waals surface area contributed by atoms with Crippen LogP contribution in [-0.4, -0.2) is 59.3 Å². The number of carbonyl (C=O) groups excluding carboxylic acids is 1. The van der Waals surface area contributed by atoms with Crippen molar-refractivity contribution in [3.63, 3.8) is 0 Å². The fourth-order valence-corrected chi connectivity index (χ4v) is 2.01. The van der Waals surface area contributed by atoms with E-state index in [1.165, 1.54) is 6.08 Å². The lowest BCUT2D eigenvalue weighted by Gasteiger charge is -2.12. The maximum atomic E-state index is 11.8. The van der Waals surface area contributed by atoms with Crippen LogP contribution in [0.2, 0.25) is 0 Å². The first-order valence-corrected chi connectivity index (χ1v) is 7.42. The van der Waals surface area contributed by atoms with Gasteiger partial charge in [-0.3, -0.25) is 4.79 Å². The molecule has 0 aliphatic rings. The van der Waals surface area contributed by atoms with Crippen LogP contribution < -0.4 is 19.5 Å². The second-order valence-corrected chi connectivity index (χ2v) is 5.23. The third-order valence-corrected chi connectivity index (χ3v) is 3.23. The minimum Gasteiger partial charge on any atom is -0.496 e. The molecule has 0 aromatic heterocycles. The van der Waals surface area contributed by atoms with Crippen molar-refractivity contribution >= 4 is 12.0 Å². The number of methoxy groups -OCH3 is 3. The molecule has 0 radical (unpaired) electrons. The van der Waals surface area contributed by atoms with Gasteiger partial charge in [0, 0.05) is 24.3 Å². The van der Waals surface area contributed by atoms with Crippen LogP contribution in [0.5, 0.6) is 17.2 Å². The van der Waals surface area contributed by atoms with Crippen LogP contribution in [-0.2, 0) is 4.79 Å². The maximum absolute atomic E-state index is 11.8. The van der Waals surface area contributed by atoms with E-state index in [-0.39, 0.29) is 5.91 Å². The molecule has 0 aliphatic carbocycles. The lowest BCUT2D eigenvalue weighted by Crippen LogP contribution is -2.25. The van der Waals surface area contributed by atoms with Crippen molar-refractivity contribution in [3.05, 3.63) is 23.8 Å². The Bertz CT molecular complexity index is 542. The van der Waals surface area contributed by atoms with E-state index in [0.717, 1.165) is 18.5 Å². The van der Waals surface area contributed by atoms with Crippen LogP contribution in [0.3, 0.4) is 0 Å². The van der Waals surface area contributed by atoms with Gasteiger partial charge in [0.05, 0.1) is 21.3 Å². The molecule has 0 heterocycles. The molecule has 23 heavy (non-hydrogen) atoms. The molecule has 0 aliphatic heterocycles. The zero-order chi connectivity index (χ0) is 17.2. The molecule has 1 N–H and O–H groups in total. The fourth-order valence-electron chi connectivity index (χ4n) is 2.01. The molecular formula is C17H26N2O4. The number of nitrogens with zero attached hydrogens (tertiary/aromatic N) is 1. The van der Waals surface area contributed by atoms with Gasteiger partial charge in [-0.05, 0) is 39.2 Å². The molecule has 1 amide bonds. The third kappa shape index (κ3) is 6.20. The van der Waals surface area contributed by atoms with Crippen molar-refractivity contribution in [2.75, 3.05) is 48.5 Å². The molecule has 0 fully saturated rings. The smallest absolute Gasteiger partial charge is 0.244 e. The maximum Gasteiger partial charge on any atom is 0.244 e. The summed E-state index contributed by atoms with van der Waals surface area (Å²) in [6, 6.07) is 3.50. The van der Waals surface area contributed by atoms with E-state index in [1.54, 1.807) is 39.5 Å². The molecule has 1 aromatic carbocycles. The van der Waals surface area contributed by atoms with Crippen molar-refractivity contribution in [1.82, 2.24) is 10.2 Å².